The van der Waals surface area contributed by atoms with Crippen molar-refractivity contribution in [3.8, 4) is 22.4 Å². The second-order valence-electron chi connectivity index (χ2n) is 9.33. The standard InChI is InChI=1S/C29H21F2N5O2S/c1-15(2)36-14-24(38-35-36)34-28(37)27-26(32)25-21(19-11-10-17(30)12-22(19)31)13-23(33-29(25)39-27)20-9-5-7-16-6-3-4-8-18(16)20/h3-15H,1-2H3,(H2-,32,34,35,37)/p+1. The summed E-state index contributed by atoms with van der Waals surface area (Å²) in [5.74, 6) is -1.80. The number of hydrogen-bond acceptors (Lipinski definition) is 6. The average molecular weight is 543 g/mol. The number of thiophene rings is 1. The second-order valence-corrected chi connectivity index (χ2v) is 10.3. The van der Waals surface area contributed by atoms with E-state index in [4.69, 9.17) is 15.2 Å². The van der Waals surface area contributed by atoms with Crippen LogP contribution in [0.4, 0.5) is 20.4 Å². The predicted molar refractivity (Wildman–Crippen MR) is 147 cm³/mol. The number of rotatable bonds is 5. The molecule has 0 saturated heterocycles. The quantitative estimate of drug-likeness (QED) is 0.235. The Bertz CT molecular complexity index is 1890. The van der Waals surface area contributed by atoms with Gasteiger partial charge in [-0.05, 0) is 53.1 Å². The monoisotopic (exact) mass is 542 g/mol. The molecule has 1 amide bonds. The van der Waals surface area contributed by atoms with Crippen LogP contribution in [0, 0.1) is 11.6 Å². The number of anilines is 2. The first kappa shape index (κ1) is 24.6. The first-order valence-electron chi connectivity index (χ1n) is 12.2. The molecule has 0 radical (unpaired) electrons. The molecule has 0 saturated carbocycles. The Morgan fingerprint density at radius 1 is 1.03 bits per heavy atom. The van der Waals surface area contributed by atoms with Gasteiger partial charge in [-0.2, -0.15) is 0 Å². The van der Waals surface area contributed by atoms with Crippen LogP contribution >= 0.6 is 11.3 Å². The molecule has 0 atom stereocenters. The Hall–Kier alpha value is -4.70. The highest BCUT2D eigenvalue weighted by Gasteiger charge is 2.25. The van der Waals surface area contributed by atoms with Crippen LogP contribution in [0.2, 0.25) is 0 Å². The first-order chi connectivity index (χ1) is 18.8. The van der Waals surface area contributed by atoms with Crippen molar-refractivity contribution in [1.82, 2.24) is 10.3 Å². The number of carbonyl (C=O) groups is 1. The average Bonchev–Trinajstić information content (AvgIpc) is 3.52. The summed E-state index contributed by atoms with van der Waals surface area (Å²) in [5.41, 5.74) is 8.60. The lowest BCUT2D eigenvalue weighted by molar-refractivity contribution is -0.779. The minimum Gasteiger partial charge on any atom is -0.397 e. The molecule has 0 aliphatic carbocycles. The van der Waals surface area contributed by atoms with E-state index in [-0.39, 0.29) is 28.1 Å². The summed E-state index contributed by atoms with van der Waals surface area (Å²) in [4.78, 5) is 18.7. The number of aromatic nitrogens is 3. The summed E-state index contributed by atoms with van der Waals surface area (Å²) < 4.78 is 35.7. The number of nitrogen functional groups attached to an aromatic ring is 1. The molecule has 3 aromatic heterocycles. The molecule has 6 rings (SSSR count). The number of amides is 1. The molecular weight excluding hydrogens is 520 g/mol. The van der Waals surface area contributed by atoms with E-state index in [0.29, 0.717) is 21.5 Å². The van der Waals surface area contributed by atoms with Crippen molar-refractivity contribution in [2.45, 2.75) is 19.9 Å². The zero-order chi connectivity index (χ0) is 27.3. The minimum atomic E-state index is -0.747. The maximum atomic E-state index is 15.1. The van der Waals surface area contributed by atoms with Gasteiger partial charge >= 0.3 is 5.88 Å². The second kappa shape index (κ2) is 9.55. The SMILES string of the molecule is CC(C)[n+]1cc(NC(=O)c2sc3nc(-c4cccc5ccccc45)cc(-c4ccc(F)cc4F)c3c2N)on1. The van der Waals surface area contributed by atoms with Gasteiger partial charge in [0.1, 0.15) is 21.3 Å². The van der Waals surface area contributed by atoms with Gasteiger partial charge in [-0.1, -0.05) is 42.5 Å². The number of hydrogen-bond donors (Lipinski definition) is 2. The molecular formula is C29H22F2N5O2S+. The topological polar surface area (TPSA) is 97.9 Å². The van der Waals surface area contributed by atoms with Crippen LogP contribution in [0.1, 0.15) is 29.6 Å². The summed E-state index contributed by atoms with van der Waals surface area (Å²) in [6.07, 6.45) is 1.57. The van der Waals surface area contributed by atoms with Crippen LogP contribution in [0.3, 0.4) is 0 Å². The zero-order valence-electron chi connectivity index (χ0n) is 20.9. The molecule has 0 spiro atoms. The largest absolute Gasteiger partial charge is 0.397 e. The molecule has 194 valence electrons. The molecule has 3 N–H and O–H groups in total. The van der Waals surface area contributed by atoms with Crippen molar-refractivity contribution in [1.29, 1.82) is 0 Å². The third-order valence-corrected chi connectivity index (χ3v) is 7.54. The number of nitrogens with one attached hydrogen (secondary N) is 1. The summed E-state index contributed by atoms with van der Waals surface area (Å²) in [6.45, 7) is 3.85. The van der Waals surface area contributed by atoms with Gasteiger partial charge in [0.25, 0.3) is 12.1 Å². The van der Waals surface area contributed by atoms with E-state index < -0.39 is 17.5 Å². The van der Waals surface area contributed by atoms with Crippen LogP contribution in [-0.2, 0) is 0 Å². The lowest BCUT2D eigenvalue weighted by Gasteiger charge is -2.11. The van der Waals surface area contributed by atoms with Gasteiger partial charge in [0.15, 0.2) is 6.04 Å². The van der Waals surface area contributed by atoms with E-state index in [1.165, 1.54) is 12.1 Å². The van der Waals surface area contributed by atoms with Crippen molar-refractivity contribution in [3.05, 3.63) is 89.4 Å². The highest BCUT2D eigenvalue weighted by atomic mass is 32.1. The maximum Gasteiger partial charge on any atom is 0.302 e. The fourth-order valence-corrected chi connectivity index (χ4v) is 5.54. The van der Waals surface area contributed by atoms with Gasteiger partial charge in [0, 0.05) is 22.6 Å². The van der Waals surface area contributed by atoms with E-state index >= 15 is 4.39 Å². The van der Waals surface area contributed by atoms with Gasteiger partial charge in [0.05, 0.1) is 11.4 Å². The third-order valence-electron chi connectivity index (χ3n) is 6.44. The van der Waals surface area contributed by atoms with Gasteiger partial charge in [-0.15, -0.1) is 11.3 Å². The van der Waals surface area contributed by atoms with Gasteiger partial charge < -0.3 is 5.73 Å². The summed E-state index contributed by atoms with van der Waals surface area (Å²) in [7, 11) is 0. The van der Waals surface area contributed by atoms with Crippen LogP contribution in [0.15, 0.2) is 77.4 Å². The molecule has 0 aliphatic heterocycles. The van der Waals surface area contributed by atoms with Crippen molar-refractivity contribution in [2.24, 2.45) is 0 Å². The predicted octanol–water partition coefficient (Wildman–Crippen LogP) is 6.75. The first-order valence-corrected chi connectivity index (χ1v) is 13.0. The highest BCUT2D eigenvalue weighted by molar-refractivity contribution is 7.21. The molecule has 3 heterocycles. The third kappa shape index (κ3) is 4.38. The Labute approximate surface area is 225 Å². The van der Waals surface area contributed by atoms with Crippen molar-refractivity contribution < 1.29 is 22.8 Å². The number of halogens is 2. The Morgan fingerprint density at radius 2 is 1.82 bits per heavy atom. The molecule has 3 aromatic carbocycles. The summed E-state index contributed by atoms with van der Waals surface area (Å²) >= 11 is 1.08. The van der Waals surface area contributed by atoms with E-state index in [0.717, 1.165) is 33.7 Å². The molecule has 10 heteroatoms. The van der Waals surface area contributed by atoms with Crippen molar-refractivity contribution >= 4 is 49.8 Å². The molecule has 7 nitrogen and oxygen atoms in total. The van der Waals surface area contributed by atoms with E-state index in [1.807, 2.05) is 56.3 Å². The fourth-order valence-electron chi connectivity index (χ4n) is 4.52. The van der Waals surface area contributed by atoms with E-state index in [9.17, 15) is 9.18 Å². The van der Waals surface area contributed by atoms with Crippen molar-refractivity contribution in [3.63, 3.8) is 0 Å². The zero-order valence-corrected chi connectivity index (χ0v) is 21.7. The van der Waals surface area contributed by atoms with Crippen LogP contribution in [0.25, 0.3) is 43.4 Å². The lowest BCUT2D eigenvalue weighted by Crippen LogP contribution is -2.36. The minimum absolute atomic E-state index is 0.0404. The van der Waals surface area contributed by atoms with Crippen LogP contribution in [0.5, 0.6) is 0 Å². The van der Waals surface area contributed by atoms with Gasteiger partial charge in [-0.3, -0.25) is 14.6 Å². The molecule has 6 aromatic rings. The molecule has 0 bridgehead atoms. The number of benzene rings is 3. The van der Waals surface area contributed by atoms with Crippen LogP contribution < -0.4 is 15.7 Å². The molecule has 0 fully saturated rings. The number of nitrogens with two attached hydrogens (primary N) is 1. The fraction of sp³-hybridized carbons (Fsp3) is 0.103. The van der Waals surface area contributed by atoms with Crippen LogP contribution in [-0.4, -0.2) is 16.2 Å². The lowest BCUT2D eigenvalue weighted by atomic mass is 9.96. The molecule has 0 unspecified atom stereocenters. The normalized spacial score (nSPS) is 11.5. The number of carbonyl (C=O) groups excluding carboxylic acids is 1. The number of fused-ring (bicyclic) bond motifs is 2. The smallest absolute Gasteiger partial charge is 0.302 e. The Morgan fingerprint density at radius 3 is 2.59 bits per heavy atom. The summed E-state index contributed by atoms with van der Waals surface area (Å²) in [6, 6.07) is 18.9. The van der Waals surface area contributed by atoms with E-state index in [1.54, 1.807) is 16.9 Å². The van der Waals surface area contributed by atoms with Gasteiger partial charge in [-0.25, -0.2) is 13.8 Å². The van der Waals surface area contributed by atoms with E-state index in [2.05, 4.69) is 10.6 Å². The number of nitrogens with zero attached hydrogens (tertiary/aromatic N) is 3. The molecule has 39 heavy (non-hydrogen) atoms. The maximum absolute atomic E-state index is 15.1. The Balaban J connectivity index is 1.55. The number of pyridine rings is 1. The summed E-state index contributed by atoms with van der Waals surface area (Å²) in [5, 5.41) is 8.95. The highest BCUT2D eigenvalue weighted by Crippen LogP contribution is 2.43. The van der Waals surface area contributed by atoms with Gasteiger partial charge in [0.2, 0.25) is 5.27 Å². The molecule has 0 aliphatic rings. The Kier molecular flexibility index (Phi) is 6.03. The van der Waals surface area contributed by atoms with Crippen molar-refractivity contribution in [2.75, 3.05) is 11.1 Å².